The summed E-state index contributed by atoms with van der Waals surface area (Å²) in [6.07, 6.45) is 5.98. The molecule has 0 bridgehead atoms. The van der Waals surface area contributed by atoms with E-state index in [-0.39, 0.29) is 5.91 Å². The first kappa shape index (κ1) is 18.9. The Balaban J connectivity index is 1.38. The Morgan fingerprint density at radius 1 is 1.17 bits per heavy atom. The van der Waals surface area contributed by atoms with Gasteiger partial charge in [0.1, 0.15) is 6.10 Å². The monoisotopic (exact) mass is 386 g/mol. The van der Waals surface area contributed by atoms with Gasteiger partial charge in [-0.1, -0.05) is 30.3 Å². The highest BCUT2D eigenvalue weighted by molar-refractivity contribution is 5.95. The van der Waals surface area contributed by atoms with Gasteiger partial charge in [-0.25, -0.2) is 4.79 Å². The molecule has 0 radical (unpaired) electrons. The highest BCUT2D eigenvalue weighted by Crippen LogP contribution is 2.23. The third kappa shape index (κ3) is 4.35. The van der Waals surface area contributed by atoms with Crippen LogP contribution in [0.15, 0.2) is 66.9 Å². The van der Waals surface area contributed by atoms with Gasteiger partial charge in [-0.3, -0.25) is 9.78 Å². The average Bonchev–Trinajstić information content (AvgIpc) is 3.18. The van der Waals surface area contributed by atoms with Crippen LogP contribution in [0.25, 0.3) is 17.0 Å². The lowest BCUT2D eigenvalue weighted by Gasteiger charge is -2.15. The van der Waals surface area contributed by atoms with Crippen LogP contribution in [0.4, 0.5) is 5.69 Å². The fourth-order valence-electron chi connectivity index (χ4n) is 3.44. The van der Waals surface area contributed by atoms with Crippen molar-refractivity contribution >= 4 is 34.5 Å². The molecule has 0 N–H and O–H groups in total. The fraction of sp³-hybridized carbons (Fsp3) is 0.208. The van der Waals surface area contributed by atoms with Crippen molar-refractivity contribution in [2.75, 3.05) is 11.4 Å². The number of benzene rings is 2. The van der Waals surface area contributed by atoms with Crippen LogP contribution in [0.3, 0.4) is 0 Å². The van der Waals surface area contributed by atoms with Gasteiger partial charge in [0.25, 0.3) is 0 Å². The average molecular weight is 386 g/mol. The molecule has 1 unspecified atom stereocenters. The first-order valence-corrected chi connectivity index (χ1v) is 9.74. The van der Waals surface area contributed by atoms with E-state index in [9.17, 15) is 9.59 Å². The maximum atomic E-state index is 12.2. The molecular formula is C24H22N2O3. The molecule has 1 aliphatic rings. The molecule has 2 aromatic carbocycles. The molecule has 1 aromatic heterocycles. The number of ether oxygens (including phenoxy) is 1. The van der Waals surface area contributed by atoms with Crippen molar-refractivity contribution in [3.8, 4) is 0 Å². The van der Waals surface area contributed by atoms with E-state index < -0.39 is 12.1 Å². The minimum Gasteiger partial charge on any atom is -0.455 e. The Morgan fingerprint density at radius 3 is 2.72 bits per heavy atom. The van der Waals surface area contributed by atoms with Crippen molar-refractivity contribution in [3.63, 3.8) is 0 Å². The van der Waals surface area contributed by atoms with Crippen LogP contribution >= 0.6 is 0 Å². The van der Waals surface area contributed by atoms with E-state index in [1.807, 2.05) is 61.5 Å². The number of fused-ring (bicyclic) bond motifs is 1. The van der Waals surface area contributed by atoms with Gasteiger partial charge in [-0.15, -0.1) is 0 Å². The second-order valence-corrected chi connectivity index (χ2v) is 7.11. The van der Waals surface area contributed by atoms with E-state index in [0.717, 1.165) is 40.7 Å². The van der Waals surface area contributed by atoms with Gasteiger partial charge in [0.2, 0.25) is 5.91 Å². The molecule has 29 heavy (non-hydrogen) atoms. The summed E-state index contributed by atoms with van der Waals surface area (Å²) in [6, 6.07) is 17.4. The van der Waals surface area contributed by atoms with Crippen molar-refractivity contribution in [3.05, 3.63) is 78.0 Å². The van der Waals surface area contributed by atoms with Gasteiger partial charge in [-0.05, 0) is 49.2 Å². The van der Waals surface area contributed by atoms with Crippen LogP contribution in [0.2, 0.25) is 0 Å². The zero-order valence-corrected chi connectivity index (χ0v) is 16.2. The highest BCUT2D eigenvalue weighted by atomic mass is 16.5. The molecule has 5 nitrogen and oxygen atoms in total. The van der Waals surface area contributed by atoms with E-state index in [2.05, 4.69) is 4.98 Å². The molecule has 2 heterocycles. The lowest BCUT2D eigenvalue weighted by atomic mass is 10.1. The molecule has 0 spiro atoms. The minimum absolute atomic E-state index is 0.161. The molecule has 0 aliphatic carbocycles. The lowest BCUT2D eigenvalue weighted by Crippen LogP contribution is -2.23. The maximum Gasteiger partial charge on any atom is 0.331 e. The van der Waals surface area contributed by atoms with Crippen molar-refractivity contribution in [2.24, 2.45) is 0 Å². The summed E-state index contributed by atoms with van der Waals surface area (Å²) in [5, 5.41) is 1.01. The van der Waals surface area contributed by atoms with Crippen molar-refractivity contribution < 1.29 is 14.3 Å². The smallest absolute Gasteiger partial charge is 0.331 e. The first-order chi connectivity index (χ1) is 14.1. The number of nitrogens with zero attached hydrogens (tertiary/aromatic N) is 2. The third-order valence-corrected chi connectivity index (χ3v) is 5.06. The second kappa shape index (κ2) is 8.27. The molecule has 5 heteroatoms. The predicted molar refractivity (Wildman–Crippen MR) is 113 cm³/mol. The van der Waals surface area contributed by atoms with Crippen LogP contribution in [-0.2, 0) is 14.3 Å². The zero-order valence-electron chi connectivity index (χ0n) is 16.2. The Bertz CT molecular complexity index is 1070. The number of esters is 1. The van der Waals surface area contributed by atoms with E-state index >= 15 is 0 Å². The standard InChI is InChI=1S/C24H22N2O3/c1-17(20-15-19-5-2-3-6-22(19)25-16-20)29-24(28)13-10-18-8-11-21(12-9-18)26-14-4-7-23(26)27/h2-3,5-6,8-13,15-17H,4,7,14H2,1H3. The second-order valence-electron chi connectivity index (χ2n) is 7.11. The van der Waals surface area contributed by atoms with Crippen molar-refractivity contribution in [2.45, 2.75) is 25.9 Å². The van der Waals surface area contributed by atoms with Crippen LogP contribution < -0.4 is 4.90 Å². The number of para-hydroxylation sites is 1. The largest absolute Gasteiger partial charge is 0.455 e. The van der Waals surface area contributed by atoms with Gasteiger partial charge in [0, 0.05) is 41.9 Å². The summed E-state index contributed by atoms with van der Waals surface area (Å²) >= 11 is 0. The molecule has 1 atom stereocenters. The molecule has 0 saturated carbocycles. The lowest BCUT2D eigenvalue weighted by molar-refractivity contribution is -0.142. The number of hydrogen-bond acceptors (Lipinski definition) is 4. The number of carbonyl (C=O) groups is 2. The third-order valence-electron chi connectivity index (χ3n) is 5.06. The molecule has 146 valence electrons. The Morgan fingerprint density at radius 2 is 1.97 bits per heavy atom. The normalized spacial score (nSPS) is 15.2. The van der Waals surface area contributed by atoms with Crippen molar-refractivity contribution in [1.82, 2.24) is 4.98 Å². The Hall–Kier alpha value is -3.47. The van der Waals surface area contributed by atoms with Crippen LogP contribution in [0.5, 0.6) is 0 Å². The summed E-state index contributed by atoms with van der Waals surface area (Å²) in [4.78, 5) is 30.2. The van der Waals surface area contributed by atoms with E-state index in [4.69, 9.17) is 4.74 Å². The first-order valence-electron chi connectivity index (χ1n) is 9.74. The summed E-state index contributed by atoms with van der Waals surface area (Å²) in [7, 11) is 0. The van der Waals surface area contributed by atoms with E-state index in [1.54, 1.807) is 17.2 Å². The summed E-state index contributed by atoms with van der Waals surface area (Å²) < 4.78 is 5.51. The number of amides is 1. The fourth-order valence-corrected chi connectivity index (χ4v) is 3.44. The van der Waals surface area contributed by atoms with Crippen LogP contribution in [-0.4, -0.2) is 23.4 Å². The van der Waals surface area contributed by atoms with Gasteiger partial charge in [0.15, 0.2) is 0 Å². The Labute approximate surface area is 169 Å². The summed E-state index contributed by atoms with van der Waals surface area (Å²) in [6.45, 7) is 2.60. The number of aromatic nitrogens is 1. The summed E-state index contributed by atoms with van der Waals surface area (Å²) in [5.41, 5.74) is 3.53. The quantitative estimate of drug-likeness (QED) is 0.472. The van der Waals surface area contributed by atoms with Crippen LogP contribution in [0.1, 0.15) is 37.0 Å². The molecule has 1 amide bonds. The van der Waals surface area contributed by atoms with Crippen LogP contribution in [0, 0.1) is 0 Å². The summed E-state index contributed by atoms with van der Waals surface area (Å²) in [5.74, 6) is -0.251. The molecular weight excluding hydrogens is 364 g/mol. The molecule has 3 aromatic rings. The van der Waals surface area contributed by atoms with Gasteiger partial charge >= 0.3 is 5.97 Å². The molecule has 1 saturated heterocycles. The number of anilines is 1. The maximum absolute atomic E-state index is 12.2. The molecule has 1 aliphatic heterocycles. The molecule has 4 rings (SSSR count). The number of hydrogen-bond donors (Lipinski definition) is 0. The number of pyridine rings is 1. The van der Waals surface area contributed by atoms with Crippen molar-refractivity contribution in [1.29, 1.82) is 0 Å². The van der Waals surface area contributed by atoms with Gasteiger partial charge in [0.05, 0.1) is 5.52 Å². The van der Waals surface area contributed by atoms with E-state index in [1.165, 1.54) is 6.08 Å². The topological polar surface area (TPSA) is 59.5 Å². The minimum atomic E-state index is -0.413. The molecule has 1 fully saturated rings. The SMILES string of the molecule is CC(OC(=O)C=Cc1ccc(N2CCCC2=O)cc1)c1cnc2ccccc2c1. The number of rotatable bonds is 5. The predicted octanol–water partition coefficient (Wildman–Crippen LogP) is 4.68. The Kier molecular flexibility index (Phi) is 5.38. The van der Waals surface area contributed by atoms with Gasteiger partial charge < -0.3 is 9.64 Å². The highest BCUT2D eigenvalue weighted by Gasteiger charge is 2.21. The number of carbonyl (C=O) groups excluding carboxylic acids is 2. The van der Waals surface area contributed by atoms with E-state index in [0.29, 0.717) is 6.42 Å². The zero-order chi connectivity index (χ0) is 20.2. The van der Waals surface area contributed by atoms with Gasteiger partial charge in [-0.2, -0.15) is 0 Å².